The van der Waals surface area contributed by atoms with Crippen LogP contribution in [0, 0.1) is 6.43 Å². The molecule has 0 rings (SSSR count). The Kier molecular flexibility index (Phi) is 10.8. The first-order chi connectivity index (χ1) is 6.77. The van der Waals surface area contributed by atoms with Gasteiger partial charge in [-0.1, -0.05) is 58.3 Å². The summed E-state index contributed by atoms with van der Waals surface area (Å²) in [6.45, 7) is 2.21. The fourth-order valence-corrected chi connectivity index (χ4v) is 1.57. The molecular weight excluding hydrogens is 182 g/mol. The molecule has 0 nitrogen and oxygen atoms in total. The van der Waals surface area contributed by atoms with Crippen LogP contribution in [-0.4, -0.2) is 0 Å². The lowest BCUT2D eigenvalue weighted by Gasteiger charge is -2.01. The first-order valence-corrected chi connectivity index (χ1v) is 5.94. The maximum absolute atomic E-state index is 11.7. The highest BCUT2D eigenvalue weighted by Crippen LogP contribution is 2.16. The summed E-state index contributed by atoms with van der Waals surface area (Å²) in [5.41, 5.74) is 0. The topological polar surface area (TPSA) is 0 Å². The predicted molar refractivity (Wildman–Crippen MR) is 57.3 cm³/mol. The molecule has 0 aromatic rings. The second kappa shape index (κ2) is 10.9. The molecule has 14 heavy (non-hydrogen) atoms. The van der Waals surface area contributed by atoms with Crippen LogP contribution in [0.3, 0.4) is 0 Å². The van der Waals surface area contributed by atoms with Gasteiger partial charge in [-0.15, -0.1) is 0 Å². The molecule has 0 saturated heterocycles. The monoisotopic (exact) mass is 205 g/mol. The zero-order valence-electron chi connectivity index (χ0n) is 9.33. The van der Waals surface area contributed by atoms with Crippen molar-refractivity contribution in [2.75, 3.05) is 0 Å². The van der Waals surface area contributed by atoms with Crippen LogP contribution in [0.5, 0.6) is 0 Å². The molecule has 0 spiro atoms. The zero-order valence-corrected chi connectivity index (χ0v) is 9.33. The maximum atomic E-state index is 11.7. The summed E-state index contributed by atoms with van der Waals surface area (Å²) >= 11 is 0. The van der Waals surface area contributed by atoms with E-state index in [1.165, 1.54) is 38.5 Å². The van der Waals surface area contributed by atoms with Crippen molar-refractivity contribution in [3.63, 3.8) is 0 Å². The highest BCUT2D eigenvalue weighted by molar-refractivity contribution is 4.58. The van der Waals surface area contributed by atoms with E-state index in [9.17, 15) is 8.78 Å². The number of rotatable bonds is 10. The number of unbranched alkanes of at least 4 members (excludes halogenated alkanes) is 8. The summed E-state index contributed by atoms with van der Waals surface area (Å²) in [5, 5.41) is 0. The van der Waals surface area contributed by atoms with E-state index in [0.29, 0.717) is 6.42 Å². The van der Waals surface area contributed by atoms with Crippen LogP contribution in [0.15, 0.2) is 0 Å². The van der Waals surface area contributed by atoms with Crippen LogP contribution >= 0.6 is 0 Å². The van der Waals surface area contributed by atoms with Crippen molar-refractivity contribution in [3.8, 4) is 0 Å². The average Bonchev–Trinajstić information content (AvgIpc) is 2.15. The second-order valence-corrected chi connectivity index (χ2v) is 3.92. The van der Waals surface area contributed by atoms with Gasteiger partial charge in [-0.05, 0) is 6.42 Å². The van der Waals surface area contributed by atoms with Gasteiger partial charge in [0.25, 0.3) is 0 Å². The minimum Gasteiger partial charge on any atom is -0.200 e. The molecular formula is C12H23F2. The number of halogens is 2. The largest absolute Gasteiger partial charge is 0.310 e. The van der Waals surface area contributed by atoms with Crippen molar-refractivity contribution in [3.05, 3.63) is 6.43 Å². The Bertz CT molecular complexity index is 102. The molecule has 0 aromatic carbocycles. The lowest BCUT2D eigenvalue weighted by atomic mass is 10.1. The Morgan fingerprint density at radius 1 is 0.714 bits per heavy atom. The van der Waals surface area contributed by atoms with E-state index in [4.69, 9.17) is 0 Å². The second-order valence-electron chi connectivity index (χ2n) is 3.92. The minimum absolute atomic E-state index is 0.00976. The SMILES string of the molecule is CCCCCCCCCCC[C](F)F. The highest BCUT2D eigenvalue weighted by atomic mass is 19.3. The Hall–Kier alpha value is -0.140. The van der Waals surface area contributed by atoms with Gasteiger partial charge in [0.15, 0.2) is 0 Å². The quantitative estimate of drug-likeness (QED) is 0.422. The lowest BCUT2D eigenvalue weighted by molar-refractivity contribution is 0.264. The lowest BCUT2D eigenvalue weighted by Crippen LogP contribution is -1.83. The minimum atomic E-state index is -1.41. The molecule has 0 fully saturated rings. The number of hydrogen-bond acceptors (Lipinski definition) is 0. The number of hydrogen-bond donors (Lipinski definition) is 0. The van der Waals surface area contributed by atoms with Gasteiger partial charge < -0.3 is 0 Å². The molecule has 85 valence electrons. The van der Waals surface area contributed by atoms with Crippen molar-refractivity contribution >= 4 is 0 Å². The molecule has 0 bridgehead atoms. The molecule has 0 aliphatic carbocycles. The van der Waals surface area contributed by atoms with Gasteiger partial charge in [-0.3, -0.25) is 0 Å². The van der Waals surface area contributed by atoms with Crippen molar-refractivity contribution < 1.29 is 8.78 Å². The van der Waals surface area contributed by atoms with Crippen molar-refractivity contribution in [2.24, 2.45) is 0 Å². The third-order valence-corrected chi connectivity index (χ3v) is 2.47. The van der Waals surface area contributed by atoms with Gasteiger partial charge in [0.05, 0.1) is 0 Å². The molecule has 0 aromatic heterocycles. The highest BCUT2D eigenvalue weighted by Gasteiger charge is 2.03. The summed E-state index contributed by atoms with van der Waals surface area (Å²) < 4.78 is 23.3. The summed E-state index contributed by atoms with van der Waals surface area (Å²) in [6.07, 6.45) is 9.12. The van der Waals surface area contributed by atoms with E-state index in [1.54, 1.807) is 0 Å². The van der Waals surface area contributed by atoms with Gasteiger partial charge in [0.2, 0.25) is 0 Å². The fourth-order valence-electron chi connectivity index (χ4n) is 1.57. The van der Waals surface area contributed by atoms with Crippen LogP contribution in [0.4, 0.5) is 8.78 Å². The van der Waals surface area contributed by atoms with Crippen molar-refractivity contribution in [1.82, 2.24) is 0 Å². The smallest absolute Gasteiger partial charge is 0.200 e. The third kappa shape index (κ3) is 11.9. The molecule has 0 aliphatic rings. The van der Waals surface area contributed by atoms with Crippen LogP contribution in [0.1, 0.15) is 71.1 Å². The van der Waals surface area contributed by atoms with Gasteiger partial charge in [-0.25, -0.2) is 0 Å². The zero-order chi connectivity index (χ0) is 10.6. The Morgan fingerprint density at radius 3 is 1.57 bits per heavy atom. The van der Waals surface area contributed by atoms with E-state index in [0.717, 1.165) is 12.8 Å². The van der Waals surface area contributed by atoms with Crippen molar-refractivity contribution in [2.45, 2.75) is 71.1 Å². The Labute approximate surface area is 87.1 Å². The standard InChI is InChI=1S/C12H23F2/c1-2-3-4-5-6-7-8-9-10-11-12(13)14/h2-11H2,1H3. The maximum Gasteiger partial charge on any atom is 0.310 e. The van der Waals surface area contributed by atoms with Gasteiger partial charge in [-0.2, -0.15) is 8.78 Å². The fraction of sp³-hybridized carbons (Fsp3) is 0.917. The molecule has 2 heteroatoms. The van der Waals surface area contributed by atoms with Crippen LogP contribution < -0.4 is 0 Å². The summed E-state index contributed by atoms with van der Waals surface area (Å²) in [5.74, 6) is 0. The van der Waals surface area contributed by atoms with Gasteiger partial charge in [0, 0.05) is 6.42 Å². The van der Waals surface area contributed by atoms with Gasteiger partial charge >= 0.3 is 6.43 Å². The summed E-state index contributed by atoms with van der Waals surface area (Å²) in [7, 11) is 0. The first-order valence-electron chi connectivity index (χ1n) is 5.94. The average molecular weight is 205 g/mol. The summed E-state index contributed by atoms with van der Waals surface area (Å²) in [4.78, 5) is 0. The molecule has 0 N–H and O–H groups in total. The van der Waals surface area contributed by atoms with Crippen LogP contribution in [0.2, 0.25) is 0 Å². The third-order valence-electron chi connectivity index (χ3n) is 2.47. The van der Waals surface area contributed by atoms with E-state index < -0.39 is 6.43 Å². The first kappa shape index (κ1) is 13.9. The molecule has 0 heterocycles. The van der Waals surface area contributed by atoms with E-state index in [2.05, 4.69) is 6.92 Å². The Balaban J connectivity index is 2.85. The predicted octanol–water partition coefficient (Wildman–Crippen LogP) is 5.34. The molecule has 0 unspecified atom stereocenters. The Morgan fingerprint density at radius 2 is 1.14 bits per heavy atom. The molecule has 0 atom stereocenters. The van der Waals surface area contributed by atoms with E-state index in [-0.39, 0.29) is 6.42 Å². The molecule has 0 saturated carbocycles. The van der Waals surface area contributed by atoms with Crippen LogP contribution in [-0.2, 0) is 0 Å². The summed E-state index contributed by atoms with van der Waals surface area (Å²) in [6, 6.07) is 0. The van der Waals surface area contributed by atoms with E-state index in [1.807, 2.05) is 0 Å². The van der Waals surface area contributed by atoms with E-state index >= 15 is 0 Å². The van der Waals surface area contributed by atoms with Crippen LogP contribution in [0.25, 0.3) is 0 Å². The molecule has 1 radical (unpaired) electrons. The van der Waals surface area contributed by atoms with Gasteiger partial charge in [0.1, 0.15) is 0 Å². The van der Waals surface area contributed by atoms with Crippen molar-refractivity contribution in [1.29, 1.82) is 0 Å². The molecule has 0 aliphatic heterocycles. The molecule has 0 amide bonds. The normalized spacial score (nSPS) is 11.1.